The van der Waals surface area contributed by atoms with Crippen LogP contribution in [0.25, 0.3) is 0 Å². The number of nitrogens with one attached hydrogen (secondary N) is 1. The van der Waals surface area contributed by atoms with Crippen molar-refractivity contribution in [3.05, 3.63) is 55.2 Å². The van der Waals surface area contributed by atoms with Gasteiger partial charge in [-0.1, -0.05) is 50.6 Å². The zero-order chi connectivity index (χ0) is 16.5. The van der Waals surface area contributed by atoms with E-state index in [9.17, 15) is 14.9 Å². The smallest absolute Gasteiger partial charge is 0.299 e. The normalized spacial score (nSPS) is 11.3. The minimum Gasteiger partial charge on any atom is -0.321 e. The molecular formula is C15H15ClN2O3S. The number of anilines is 1. The highest BCUT2D eigenvalue weighted by Crippen LogP contribution is 2.35. The molecule has 22 heavy (non-hydrogen) atoms. The van der Waals surface area contributed by atoms with Crippen LogP contribution < -0.4 is 5.32 Å². The van der Waals surface area contributed by atoms with Crippen LogP contribution in [0.1, 0.15) is 36.0 Å². The molecule has 1 N–H and O–H groups in total. The first-order valence-electron chi connectivity index (χ1n) is 6.54. The quantitative estimate of drug-likeness (QED) is 0.641. The molecule has 0 aliphatic heterocycles. The zero-order valence-corrected chi connectivity index (χ0v) is 13.9. The number of nitrogens with zero attached hydrogens (tertiary/aromatic N) is 1. The molecule has 0 atom stereocenters. The number of carbonyl (C=O) groups excluding carboxylic acids is 1. The minimum absolute atomic E-state index is 0.000688. The number of benzene rings is 1. The van der Waals surface area contributed by atoms with Crippen LogP contribution in [0.2, 0.25) is 4.34 Å². The highest BCUT2D eigenvalue weighted by molar-refractivity contribution is 7.18. The van der Waals surface area contributed by atoms with Crippen molar-refractivity contribution in [1.82, 2.24) is 0 Å². The molecule has 0 saturated heterocycles. The van der Waals surface area contributed by atoms with Crippen LogP contribution in [0.4, 0.5) is 11.4 Å². The number of thiophene rings is 1. The maximum absolute atomic E-state index is 12.3. The first kappa shape index (κ1) is 16.5. The maximum Gasteiger partial charge on any atom is 0.299 e. The Hall–Kier alpha value is -1.92. The molecule has 0 aliphatic rings. The first-order valence-corrected chi connectivity index (χ1v) is 7.74. The van der Waals surface area contributed by atoms with Crippen LogP contribution in [0.5, 0.6) is 0 Å². The standard InChI is InChI=1S/C15H15ClN2O3S/c1-15(2,3)9-6-4-5-7-10(9)17-14(19)12-8-11(18(20)21)13(16)22-12/h4-8H,1-3H3,(H,17,19). The lowest BCUT2D eigenvalue weighted by atomic mass is 9.86. The van der Waals surface area contributed by atoms with Crippen molar-refractivity contribution in [2.75, 3.05) is 5.32 Å². The molecule has 0 spiro atoms. The Bertz CT molecular complexity index is 735. The summed E-state index contributed by atoms with van der Waals surface area (Å²) in [6, 6.07) is 8.68. The Morgan fingerprint density at radius 2 is 1.95 bits per heavy atom. The fourth-order valence-electron chi connectivity index (χ4n) is 2.03. The van der Waals surface area contributed by atoms with Crippen molar-refractivity contribution in [3.8, 4) is 0 Å². The first-order chi connectivity index (χ1) is 10.2. The number of nitro groups is 1. The summed E-state index contributed by atoms with van der Waals surface area (Å²) in [6.07, 6.45) is 0. The Morgan fingerprint density at radius 1 is 1.32 bits per heavy atom. The maximum atomic E-state index is 12.3. The van der Waals surface area contributed by atoms with E-state index in [0.717, 1.165) is 16.9 Å². The number of hydrogen-bond donors (Lipinski definition) is 1. The molecule has 5 nitrogen and oxygen atoms in total. The van der Waals surface area contributed by atoms with Crippen molar-refractivity contribution in [2.24, 2.45) is 0 Å². The zero-order valence-electron chi connectivity index (χ0n) is 12.3. The van der Waals surface area contributed by atoms with Gasteiger partial charge in [0.2, 0.25) is 0 Å². The summed E-state index contributed by atoms with van der Waals surface area (Å²) >= 11 is 6.68. The average Bonchev–Trinajstić information content (AvgIpc) is 2.80. The van der Waals surface area contributed by atoms with Crippen LogP contribution in [-0.2, 0) is 5.41 Å². The number of rotatable bonds is 3. The van der Waals surface area contributed by atoms with Crippen LogP contribution in [-0.4, -0.2) is 10.8 Å². The molecule has 1 heterocycles. The van der Waals surface area contributed by atoms with E-state index in [1.165, 1.54) is 6.07 Å². The van der Waals surface area contributed by atoms with Gasteiger partial charge in [-0.25, -0.2) is 0 Å². The van der Waals surface area contributed by atoms with Gasteiger partial charge in [-0.3, -0.25) is 14.9 Å². The Morgan fingerprint density at radius 3 is 2.50 bits per heavy atom. The molecule has 2 rings (SSSR count). The minimum atomic E-state index is -0.598. The Labute approximate surface area is 137 Å². The van der Waals surface area contributed by atoms with Crippen molar-refractivity contribution < 1.29 is 9.72 Å². The number of hydrogen-bond acceptors (Lipinski definition) is 4. The lowest BCUT2D eigenvalue weighted by Crippen LogP contribution is -2.18. The highest BCUT2D eigenvalue weighted by atomic mass is 35.5. The van der Waals surface area contributed by atoms with E-state index in [1.807, 2.05) is 45.0 Å². The third kappa shape index (κ3) is 3.45. The predicted octanol–water partition coefficient (Wildman–Crippen LogP) is 4.86. The molecule has 0 saturated carbocycles. The molecular weight excluding hydrogens is 324 g/mol. The lowest BCUT2D eigenvalue weighted by Gasteiger charge is -2.22. The van der Waals surface area contributed by atoms with Gasteiger partial charge in [0, 0.05) is 11.8 Å². The molecule has 116 valence electrons. The van der Waals surface area contributed by atoms with Gasteiger partial charge < -0.3 is 5.32 Å². The summed E-state index contributed by atoms with van der Waals surface area (Å²) in [6.45, 7) is 6.14. The van der Waals surface area contributed by atoms with Gasteiger partial charge in [0.15, 0.2) is 4.34 Å². The molecule has 0 unspecified atom stereocenters. The monoisotopic (exact) mass is 338 g/mol. The molecule has 0 aliphatic carbocycles. The van der Waals surface area contributed by atoms with Gasteiger partial charge in [-0.2, -0.15) is 0 Å². The number of carbonyl (C=O) groups is 1. The molecule has 1 aromatic carbocycles. The molecule has 0 bridgehead atoms. The molecule has 1 amide bonds. The van der Waals surface area contributed by atoms with E-state index < -0.39 is 10.8 Å². The van der Waals surface area contributed by atoms with Crippen LogP contribution >= 0.6 is 22.9 Å². The van der Waals surface area contributed by atoms with E-state index >= 15 is 0 Å². The second-order valence-electron chi connectivity index (χ2n) is 5.78. The fourth-order valence-corrected chi connectivity index (χ4v) is 3.14. The summed E-state index contributed by atoms with van der Waals surface area (Å²) in [7, 11) is 0. The average molecular weight is 339 g/mol. The van der Waals surface area contributed by atoms with Crippen LogP contribution in [0.3, 0.4) is 0 Å². The second-order valence-corrected chi connectivity index (χ2v) is 7.43. The molecule has 0 radical (unpaired) electrons. The summed E-state index contributed by atoms with van der Waals surface area (Å²) < 4.78 is -0.000688. The molecule has 7 heteroatoms. The van der Waals surface area contributed by atoms with Gasteiger partial charge in [0.05, 0.1) is 4.92 Å². The second kappa shape index (κ2) is 6.06. The highest BCUT2D eigenvalue weighted by Gasteiger charge is 2.23. The van der Waals surface area contributed by atoms with E-state index in [0.29, 0.717) is 5.69 Å². The van der Waals surface area contributed by atoms with Gasteiger partial charge in [0.1, 0.15) is 4.88 Å². The third-order valence-electron chi connectivity index (χ3n) is 3.07. The summed E-state index contributed by atoms with van der Waals surface area (Å²) in [5, 5.41) is 13.6. The van der Waals surface area contributed by atoms with Crippen molar-refractivity contribution >= 4 is 40.2 Å². The van der Waals surface area contributed by atoms with E-state index in [1.54, 1.807) is 0 Å². The Kier molecular flexibility index (Phi) is 4.53. The Balaban J connectivity index is 2.30. The van der Waals surface area contributed by atoms with Gasteiger partial charge in [0.25, 0.3) is 11.6 Å². The van der Waals surface area contributed by atoms with Crippen LogP contribution in [0, 0.1) is 10.1 Å². The lowest BCUT2D eigenvalue weighted by molar-refractivity contribution is -0.384. The summed E-state index contributed by atoms with van der Waals surface area (Å²) in [5.41, 5.74) is 1.29. The van der Waals surface area contributed by atoms with Crippen molar-refractivity contribution in [3.63, 3.8) is 0 Å². The van der Waals surface area contributed by atoms with Crippen molar-refractivity contribution in [2.45, 2.75) is 26.2 Å². The molecule has 0 fully saturated rings. The fraction of sp³-hybridized carbons (Fsp3) is 0.267. The molecule has 1 aromatic heterocycles. The molecule has 2 aromatic rings. The third-order valence-corrected chi connectivity index (χ3v) is 4.41. The number of para-hydroxylation sites is 1. The number of amides is 1. The largest absolute Gasteiger partial charge is 0.321 e. The SMILES string of the molecule is CC(C)(C)c1ccccc1NC(=O)c1cc([N+](=O)[O-])c(Cl)s1. The van der Waals surface area contributed by atoms with E-state index in [-0.39, 0.29) is 20.3 Å². The van der Waals surface area contributed by atoms with Crippen molar-refractivity contribution in [1.29, 1.82) is 0 Å². The van der Waals surface area contributed by atoms with E-state index in [2.05, 4.69) is 5.32 Å². The van der Waals surface area contributed by atoms with Gasteiger partial charge in [-0.15, -0.1) is 11.3 Å². The number of halogens is 1. The summed E-state index contributed by atoms with van der Waals surface area (Å²) in [5.74, 6) is -0.406. The van der Waals surface area contributed by atoms with Gasteiger partial charge >= 0.3 is 0 Å². The van der Waals surface area contributed by atoms with E-state index in [4.69, 9.17) is 11.6 Å². The van der Waals surface area contributed by atoms with Gasteiger partial charge in [-0.05, 0) is 17.0 Å². The summed E-state index contributed by atoms with van der Waals surface area (Å²) in [4.78, 5) is 22.7. The topological polar surface area (TPSA) is 72.2 Å². The van der Waals surface area contributed by atoms with Crippen LogP contribution in [0.15, 0.2) is 30.3 Å². The predicted molar refractivity (Wildman–Crippen MR) is 89.1 cm³/mol.